The standard InChI is InChI=1S/C21H22N4O4/c1-23-18-15(19(26)24(2)21(23)28)9-10-16(22-18)20(27)25-11-5-8-17(25)13-6-4-7-14(12-13)29-3/h4,6-7,9-10,12,17H,5,8,11H2,1-3H3. The topological polar surface area (TPSA) is 86.4 Å². The second-order valence-corrected chi connectivity index (χ2v) is 7.21. The van der Waals surface area contributed by atoms with Crippen molar-refractivity contribution >= 4 is 16.9 Å². The van der Waals surface area contributed by atoms with Crippen molar-refractivity contribution < 1.29 is 9.53 Å². The average Bonchev–Trinajstić information content (AvgIpc) is 3.25. The van der Waals surface area contributed by atoms with Gasteiger partial charge in [-0.05, 0) is 42.7 Å². The Morgan fingerprint density at radius 2 is 1.93 bits per heavy atom. The van der Waals surface area contributed by atoms with Gasteiger partial charge in [0.2, 0.25) is 0 Å². The van der Waals surface area contributed by atoms with E-state index in [-0.39, 0.29) is 23.3 Å². The monoisotopic (exact) mass is 394 g/mol. The Morgan fingerprint density at radius 3 is 2.69 bits per heavy atom. The fourth-order valence-electron chi connectivity index (χ4n) is 3.93. The Labute approximate surface area is 167 Å². The van der Waals surface area contributed by atoms with E-state index in [4.69, 9.17) is 4.74 Å². The molecule has 4 rings (SSSR count). The minimum absolute atomic E-state index is 0.0671. The number of pyridine rings is 1. The average molecular weight is 394 g/mol. The van der Waals surface area contributed by atoms with Gasteiger partial charge >= 0.3 is 5.69 Å². The Morgan fingerprint density at radius 1 is 1.14 bits per heavy atom. The van der Waals surface area contributed by atoms with Crippen molar-refractivity contribution in [2.75, 3.05) is 13.7 Å². The quantitative estimate of drug-likeness (QED) is 0.674. The third kappa shape index (κ3) is 3.10. The zero-order valence-corrected chi connectivity index (χ0v) is 16.6. The van der Waals surface area contributed by atoms with E-state index in [1.807, 2.05) is 24.3 Å². The van der Waals surface area contributed by atoms with Gasteiger partial charge in [-0.15, -0.1) is 0 Å². The van der Waals surface area contributed by atoms with Gasteiger partial charge in [0.25, 0.3) is 11.5 Å². The first-order valence-electron chi connectivity index (χ1n) is 9.44. The summed E-state index contributed by atoms with van der Waals surface area (Å²) >= 11 is 0. The Hall–Kier alpha value is -3.42. The maximum Gasteiger partial charge on any atom is 0.332 e. The fourth-order valence-corrected chi connectivity index (χ4v) is 3.93. The van der Waals surface area contributed by atoms with E-state index in [0.717, 1.165) is 28.7 Å². The molecule has 1 unspecified atom stereocenters. The van der Waals surface area contributed by atoms with E-state index in [9.17, 15) is 14.4 Å². The number of carbonyl (C=O) groups is 1. The van der Waals surface area contributed by atoms with Crippen LogP contribution >= 0.6 is 0 Å². The van der Waals surface area contributed by atoms with E-state index in [1.165, 1.54) is 11.6 Å². The molecule has 1 saturated heterocycles. The number of amides is 1. The summed E-state index contributed by atoms with van der Waals surface area (Å²) in [4.78, 5) is 44.0. The molecule has 1 aliphatic rings. The van der Waals surface area contributed by atoms with Crippen LogP contribution in [0.1, 0.15) is 34.9 Å². The van der Waals surface area contributed by atoms with Crippen LogP contribution in [0.3, 0.4) is 0 Å². The normalized spacial score (nSPS) is 16.4. The Kier molecular flexibility index (Phi) is 4.70. The number of benzene rings is 1. The molecule has 1 amide bonds. The first-order chi connectivity index (χ1) is 13.9. The van der Waals surface area contributed by atoms with Crippen molar-refractivity contribution in [2.24, 2.45) is 14.1 Å². The minimum Gasteiger partial charge on any atom is -0.497 e. The summed E-state index contributed by atoms with van der Waals surface area (Å²) in [5, 5.41) is 0.303. The fraction of sp³-hybridized carbons (Fsp3) is 0.333. The molecule has 0 saturated carbocycles. The Bertz CT molecular complexity index is 1230. The van der Waals surface area contributed by atoms with Crippen LogP contribution in [-0.4, -0.2) is 38.6 Å². The lowest BCUT2D eigenvalue weighted by Gasteiger charge is -2.25. The third-order valence-electron chi connectivity index (χ3n) is 5.51. The number of hydrogen-bond acceptors (Lipinski definition) is 5. The summed E-state index contributed by atoms with van der Waals surface area (Å²) in [6.07, 6.45) is 1.74. The number of fused-ring (bicyclic) bond motifs is 1. The van der Waals surface area contributed by atoms with Crippen LogP contribution in [-0.2, 0) is 14.1 Å². The highest BCUT2D eigenvalue weighted by Gasteiger charge is 2.31. The summed E-state index contributed by atoms with van der Waals surface area (Å²) in [6, 6.07) is 10.8. The number of methoxy groups -OCH3 is 1. The second kappa shape index (κ2) is 7.20. The minimum atomic E-state index is -0.477. The van der Waals surface area contributed by atoms with Gasteiger partial charge in [-0.25, -0.2) is 9.78 Å². The molecule has 1 atom stereocenters. The second-order valence-electron chi connectivity index (χ2n) is 7.21. The van der Waals surface area contributed by atoms with Gasteiger partial charge in [-0.2, -0.15) is 0 Å². The van der Waals surface area contributed by atoms with E-state index in [1.54, 1.807) is 31.2 Å². The molecule has 8 nitrogen and oxygen atoms in total. The summed E-state index contributed by atoms with van der Waals surface area (Å²) in [5.41, 5.74) is 0.536. The van der Waals surface area contributed by atoms with Crippen molar-refractivity contribution in [3.8, 4) is 5.75 Å². The Balaban J connectivity index is 1.74. The molecule has 8 heteroatoms. The van der Waals surface area contributed by atoms with Crippen LogP contribution in [0.5, 0.6) is 5.75 Å². The first-order valence-corrected chi connectivity index (χ1v) is 9.44. The van der Waals surface area contributed by atoms with Crippen LogP contribution in [0.15, 0.2) is 46.0 Å². The third-order valence-corrected chi connectivity index (χ3v) is 5.51. The summed E-state index contributed by atoms with van der Waals surface area (Å²) < 4.78 is 7.63. The van der Waals surface area contributed by atoms with E-state index < -0.39 is 11.2 Å². The molecule has 1 fully saturated rings. The number of likely N-dealkylation sites (tertiary alicyclic amines) is 1. The van der Waals surface area contributed by atoms with Gasteiger partial charge in [-0.3, -0.25) is 18.7 Å². The van der Waals surface area contributed by atoms with Crippen molar-refractivity contribution in [2.45, 2.75) is 18.9 Å². The number of ether oxygens (including phenoxy) is 1. The highest BCUT2D eigenvalue weighted by molar-refractivity contribution is 5.94. The van der Waals surface area contributed by atoms with Crippen LogP contribution < -0.4 is 16.0 Å². The van der Waals surface area contributed by atoms with Crippen LogP contribution in [0.4, 0.5) is 0 Å². The number of carbonyl (C=O) groups excluding carboxylic acids is 1. The molecule has 150 valence electrons. The maximum absolute atomic E-state index is 13.2. The number of aromatic nitrogens is 3. The molecule has 3 heterocycles. The van der Waals surface area contributed by atoms with Crippen molar-refractivity contribution in [3.05, 3.63) is 68.5 Å². The van der Waals surface area contributed by atoms with Crippen molar-refractivity contribution in [1.29, 1.82) is 0 Å². The SMILES string of the molecule is COc1cccc(C2CCCN2C(=O)c2ccc3c(=O)n(C)c(=O)n(C)c3n2)c1. The predicted octanol–water partition coefficient (Wildman–Crippen LogP) is 1.62. The molecule has 0 spiro atoms. The molecular weight excluding hydrogens is 372 g/mol. The summed E-state index contributed by atoms with van der Waals surface area (Å²) in [7, 11) is 4.58. The number of aryl methyl sites for hydroxylation is 1. The first kappa shape index (κ1) is 18.9. The van der Waals surface area contributed by atoms with Gasteiger partial charge in [0, 0.05) is 20.6 Å². The molecule has 1 aromatic carbocycles. The zero-order valence-electron chi connectivity index (χ0n) is 16.6. The molecule has 1 aliphatic heterocycles. The number of rotatable bonds is 3. The highest BCUT2D eigenvalue weighted by Crippen LogP contribution is 2.34. The smallest absolute Gasteiger partial charge is 0.332 e. The van der Waals surface area contributed by atoms with Crippen LogP contribution in [0.2, 0.25) is 0 Å². The predicted molar refractivity (Wildman–Crippen MR) is 108 cm³/mol. The van der Waals surface area contributed by atoms with Crippen molar-refractivity contribution in [1.82, 2.24) is 19.0 Å². The van der Waals surface area contributed by atoms with E-state index in [0.29, 0.717) is 11.9 Å². The number of nitrogens with zero attached hydrogens (tertiary/aromatic N) is 4. The van der Waals surface area contributed by atoms with Crippen molar-refractivity contribution in [3.63, 3.8) is 0 Å². The molecule has 0 bridgehead atoms. The summed E-state index contributed by atoms with van der Waals surface area (Å²) in [6.45, 7) is 0.621. The van der Waals surface area contributed by atoms with E-state index in [2.05, 4.69) is 4.98 Å². The lowest BCUT2D eigenvalue weighted by Crippen LogP contribution is -2.38. The van der Waals surface area contributed by atoms with Gasteiger partial charge in [0.05, 0.1) is 18.5 Å². The molecule has 2 aromatic heterocycles. The van der Waals surface area contributed by atoms with Gasteiger partial charge in [0.1, 0.15) is 17.1 Å². The molecule has 0 aliphatic carbocycles. The molecule has 3 aromatic rings. The van der Waals surface area contributed by atoms with Crippen LogP contribution in [0, 0.1) is 0 Å². The van der Waals surface area contributed by atoms with Crippen LogP contribution in [0.25, 0.3) is 11.0 Å². The van der Waals surface area contributed by atoms with Gasteiger partial charge in [-0.1, -0.05) is 12.1 Å². The molecular formula is C21H22N4O4. The molecule has 0 N–H and O–H groups in total. The molecule has 0 radical (unpaired) electrons. The van der Waals surface area contributed by atoms with Gasteiger partial charge in [0.15, 0.2) is 0 Å². The lowest BCUT2D eigenvalue weighted by atomic mass is 10.0. The maximum atomic E-state index is 13.2. The largest absolute Gasteiger partial charge is 0.497 e. The summed E-state index contributed by atoms with van der Waals surface area (Å²) in [5.74, 6) is 0.529. The zero-order chi connectivity index (χ0) is 20.7. The van der Waals surface area contributed by atoms with E-state index >= 15 is 0 Å². The van der Waals surface area contributed by atoms with Gasteiger partial charge < -0.3 is 9.64 Å². The number of hydrogen-bond donors (Lipinski definition) is 0. The lowest BCUT2D eigenvalue weighted by molar-refractivity contribution is 0.0730. The highest BCUT2D eigenvalue weighted by atomic mass is 16.5. The molecule has 29 heavy (non-hydrogen) atoms.